The van der Waals surface area contributed by atoms with Crippen molar-refractivity contribution in [3.8, 4) is 5.75 Å². The van der Waals surface area contributed by atoms with Crippen LogP contribution in [-0.2, 0) is 13.1 Å². The molecule has 1 aromatic heterocycles. The summed E-state index contributed by atoms with van der Waals surface area (Å²) in [6, 6.07) is 21.3. The van der Waals surface area contributed by atoms with Crippen LogP contribution in [0, 0.1) is 0 Å². The molecular weight excluding hydrogens is 326 g/mol. The third kappa shape index (κ3) is 3.32. The molecule has 0 radical (unpaired) electrons. The van der Waals surface area contributed by atoms with Gasteiger partial charge in [-0.1, -0.05) is 36.4 Å². The molecule has 1 atom stereocenters. The zero-order chi connectivity index (χ0) is 18.1. The van der Waals surface area contributed by atoms with Crippen molar-refractivity contribution in [3.05, 3.63) is 88.3 Å². The Balaban J connectivity index is 1.60. The van der Waals surface area contributed by atoms with Crippen molar-refractivity contribution in [1.29, 1.82) is 0 Å². The molecule has 0 aliphatic rings. The Labute approximate surface area is 150 Å². The molecule has 0 bridgehead atoms. The highest BCUT2D eigenvalue weighted by Gasteiger charge is 2.12. The molecule has 0 aliphatic carbocycles. The number of fused-ring (bicyclic) bond motifs is 2. The minimum Gasteiger partial charge on any atom is -0.508 e. The van der Waals surface area contributed by atoms with E-state index in [-0.39, 0.29) is 5.75 Å². The fourth-order valence-electron chi connectivity index (χ4n) is 3.45. The summed E-state index contributed by atoms with van der Waals surface area (Å²) in [5, 5.41) is 12.9. The lowest BCUT2D eigenvalue weighted by Crippen LogP contribution is -3.06. The van der Waals surface area contributed by atoms with Gasteiger partial charge in [-0.25, -0.2) is 4.79 Å². The van der Waals surface area contributed by atoms with Gasteiger partial charge >= 0.3 is 5.63 Å². The van der Waals surface area contributed by atoms with Crippen LogP contribution in [0.5, 0.6) is 5.75 Å². The van der Waals surface area contributed by atoms with Crippen molar-refractivity contribution in [2.75, 3.05) is 7.05 Å². The Kier molecular flexibility index (Phi) is 4.19. The molecule has 1 heterocycles. The molecule has 1 unspecified atom stereocenters. The van der Waals surface area contributed by atoms with Crippen LogP contribution in [0.15, 0.2) is 75.9 Å². The summed E-state index contributed by atoms with van der Waals surface area (Å²) in [6.07, 6.45) is 0. The molecule has 3 aromatic carbocycles. The largest absolute Gasteiger partial charge is 0.508 e. The highest BCUT2D eigenvalue weighted by atomic mass is 16.4. The highest BCUT2D eigenvalue weighted by Crippen LogP contribution is 2.21. The van der Waals surface area contributed by atoms with Crippen molar-refractivity contribution >= 4 is 21.7 Å². The van der Waals surface area contributed by atoms with Gasteiger partial charge in [0.1, 0.15) is 24.4 Å². The normalized spacial score (nSPS) is 12.5. The minimum absolute atomic E-state index is 0.0923. The number of phenolic OH excluding ortho intramolecular Hbond substituents is 1. The van der Waals surface area contributed by atoms with Crippen molar-refractivity contribution in [2.45, 2.75) is 13.1 Å². The van der Waals surface area contributed by atoms with Crippen LogP contribution in [0.25, 0.3) is 21.7 Å². The first-order chi connectivity index (χ1) is 12.6. The maximum atomic E-state index is 11.8. The predicted octanol–water partition coefficient (Wildman–Crippen LogP) is 2.87. The molecule has 0 aliphatic heterocycles. The van der Waals surface area contributed by atoms with E-state index in [1.54, 1.807) is 18.2 Å². The van der Waals surface area contributed by atoms with E-state index in [0.29, 0.717) is 12.1 Å². The SMILES string of the molecule is C[NH+](Cc1ccc2ccccc2c1)Cc1cc(=O)oc2cc(O)ccc12. The average Bonchev–Trinajstić information content (AvgIpc) is 2.61. The average molecular weight is 346 g/mol. The maximum absolute atomic E-state index is 11.8. The quantitative estimate of drug-likeness (QED) is 0.559. The van der Waals surface area contributed by atoms with Crippen LogP contribution < -0.4 is 10.5 Å². The monoisotopic (exact) mass is 346 g/mol. The number of rotatable bonds is 4. The zero-order valence-electron chi connectivity index (χ0n) is 14.5. The molecule has 26 heavy (non-hydrogen) atoms. The second kappa shape index (κ2) is 6.65. The van der Waals surface area contributed by atoms with Crippen LogP contribution >= 0.6 is 0 Å². The molecule has 4 nitrogen and oxygen atoms in total. The Bertz CT molecular complexity index is 1150. The number of hydrogen-bond acceptors (Lipinski definition) is 3. The molecule has 0 spiro atoms. The third-order valence-electron chi connectivity index (χ3n) is 4.63. The second-order valence-corrected chi connectivity index (χ2v) is 6.76. The van der Waals surface area contributed by atoms with Crippen LogP contribution in [0.1, 0.15) is 11.1 Å². The lowest BCUT2D eigenvalue weighted by atomic mass is 10.1. The molecule has 0 saturated heterocycles. The fraction of sp³-hybridized carbons (Fsp3) is 0.136. The first kappa shape index (κ1) is 16.4. The van der Waals surface area contributed by atoms with Gasteiger partial charge in [0.2, 0.25) is 0 Å². The highest BCUT2D eigenvalue weighted by molar-refractivity contribution is 5.83. The number of quaternary nitrogens is 1. The predicted molar refractivity (Wildman–Crippen MR) is 102 cm³/mol. The van der Waals surface area contributed by atoms with E-state index >= 15 is 0 Å². The van der Waals surface area contributed by atoms with E-state index in [4.69, 9.17) is 4.42 Å². The molecule has 4 rings (SSSR count). The van der Waals surface area contributed by atoms with Crippen molar-refractivity contribution in [3.63, 3.8) is 0 Å². The Morgan fingerprint density at radius 2 is 1.73 bits per heavy atom. The molecule has 130 valence electrons. The van der Waals surface area contributed by atoms with Crippen LogP contribution in [0.3, 0.4) is 0 Å². The van der Waals surface area contributed by atoms with Crippen LogP contribution in [0.4, 0.5) is 0 Å². The number of aromatic hydroxyl groups is 1. The van der Waals surface area contributed by atoms with Gasteiger partial charge in [-0.2, -0.15) is 0 Å². The lowest BCUT2D eigenvalue weighted by Gasteiger charge is -2.15. The van der Waals surface area contributed by atoms with E-state index in [0.717, 1.165) is 17.5 Å². The number of phenols is 1. The van der Waals surface area contributed by atoms with Gasteiger partial charge < -0.3 is 14.4 Å². The summed E-state index contributed by atoms with van der Waals surface area (Å²) >= 11 is 0. The molecule has 4 aromatic rings. The van der Waals surface area contributed by atoms with E-state index in [9.17, 15) is 9.90 Å². The topological polar surface area (TPSA) is 54.9 Å². The third-order valence-corrected chi connectivity index (χ3v) is 4.63. The number of nitrogens with one attached hydrogen (secondary N) is 1. The molecule has 0 amide bonds. The van der Waals surface area contributed by atoms with E-state index < -0.39 is 5.63 Å². The Morgan fingerprint density at radius 3 is 2.58 bits per heavy atom. The van der Waals surface area contributed by atoms with Crippen LogP contribution in [-0.4, -0.2) is 12.2 Å². The smallest absolute Gasteiger partial charge is 0.336 e. The van der Waals surface area contributed by atoms with Crippen LogP contribution in [0.2, 0.25) is 0 Å². The summed E-state index contributed by atoms with van der Waals surface area (Å²) in [5.74, 6) is 0.0923. The van der Waals surface area contributed by atoms with Gasteiger partial charge in [0.15, 0.2) is 0 Å². The maximum Gasteiger partial charge on any atom is 0.336 e. The molecule has 2 N–H and O–H groups in total. The molecule has 0 fully saturated rings. The molecule has 4 heteroatoms. The number of benzene rings is 3. The fourth-order valence-corrected chi connectivity index (χ4v) is 3.45. The summed E-state index contributed by atoms with van der Waals surface area (Å²) in [5.41, 5.74) is 2.21. The Hall–Kier alpha value is -3.11. The molecule has 0 saturated carbocycles. The first-order valence-corrected chi connectivity index (χ1v) is 8.63. The van der Waals surface area contributed by atoms with Gasteiger partial charge in [0, 0.05) is 28.6 Å². The van der Waals surface area contributed by atoms with Crippen molar-refractivity contribution in [1.82, 2.24) is 0 Å². The standard InChI is InChI=1S/C22H19NO3/c1-23(13-15-6-7-16-4-2-3-5-17(16)10-15)14-18-11-22(25)26-21-12-19(24)8-9-20(18)21/h2-12,24H,13-14H2,1H3/p+1. The molecular formula is C22H20NO3+. The van der Waals surface area contributed by atoms with E-state index in [1.165, 1.54) is 27.3 Å². The summed E-state index contributed by atoms with van der Waals surface area (Å²) in [7, 11) is 2.11. The van der Waals surface area contributed by atoms with E-state index in [2.05, 4.69) is 37.4 Å². The Morgan fingerprint density at radius 1 is 0.923 bits per heavy atom. The summed E-state index contributed by atoms with van der Waals surface area (Å²) < 4.78 is 5.21. The minimum atomic E-state index is -0.392. The zero-order valence-corrected chi connectivity index (χ0v) is 14.5. The summed E-state index contributed by atoms with van der Waals surface area (Å²) in [6.45, 7) is 1.55. The van der Waals surface area contributed by atoms with Gasteiger partial charge in [-0.15, -0.1) is 0 Å². The first-order valence-electron chi connectivity index (χ1n) is 8.63. The number of hydrogen-bond donors (Lipinski definition) is 2. The summed E-state index contributed by atoms with van der Waals surface area (Å²) in [4.78, 5) is 13.1. The van der Waals surface area contributed by atoms with Crippen molar-refractivity contribution in [2.24, 2.45) is 0 Å². The van der Waals surface area contributed by atoms with Gasteiger partial charge in [0.05, 0.1) is 7.05 Å². The second-order valence-electron chi connectivity index (χ2n) is 6.76. The van der Waals surface area contributed by atoms with Gasteiger partial charge in [0.25, 0.3) is 0 Å². The van der Waals surface area contributed by atoms with E-state index in [1.807, 2.05) is 12.1 Å². The van der Waals surface area contributed by atoms with Gasteiger partial charge in [-0.05, 0) is 29.0 Å². The van der Waals surface area contributed by atoms with Crippen molar-refractivity contribution < 1.29 is 14.4 Å². The van der Waals surface area contributed by atoms with Gasteiger partial charge in [-0.3, -0.25) is 0 Å². The lowest BCUT2D eigenvalue weighted by molar-refractivity contribution is -0.907.